The van der Waals surface area contributed by atoms with Gasteiger partial charge in [-0.2, -0.15) is 9.97 Å². The molecular weight excluding hydrogens is 412 g/mol. The van der Waals surface area contributed by atoms with Crippen LogP contribution in [0.4, 0.5) is 14.6 Å². The largest absolute Gasteiger partial charge is 0.467 e. The number of piperazine rings is 1. The summed E-state index contributed by atoms with van der Waals surface area (Å²) in [5.41, 5.74) is 0.790. The first-order chi connectivity index (χ1) is 15.6. The van der Waals surface area contributed by atoms with E-state index in [1.807, 2.05) is 12.1 Å². The molecule has 1 N–H and O–H groups in total. The molecule has 2 saturated heterocycles. The van der Waals surface area contributed by atoms with Crippen molar-refractivity contribution in [2.45, 2.75) is 24.9 Å². The number of hydrogen-bond acceptors (Lipinski definition) is 6. The van der Waals surface area contributed by atoms with Gasteiger partial charge in [-0.1, -0.05) is 24.3 Å². The number of hydrogen-bond donors (Lipinski definition) is 1. The average molecular weight is 433 g/mol. The maximum Gasteiger partial charge on any atom is 0.318 e. The summed E-state index contributed by atoms with van der Waals surface area (Å²) in [4.78, 5) is 15.5. The molecule has 6 rings (SSSR count). The van der Waals surface area contributed by atoms with Gasteiger partial charge in [0, 0.05) is 36.9 Å². The third-order valence-electron chi connectivity index (χ3n) is 6.44. The van der Waals surface area contributed by atoms with E-state index in [0.717, 1.165) is 31.3 Å². The van der Waals surface area contributed by atoms with E-state index in [1.165, 1.54) is 19.2 Å². The van der Waals surface area contributed by atoms with Gasteiger partial charge in [0.1, 0.15) is 22.8 Å². The molecule has 2 aliphatic heterocycles. The van der Waals surface area contributed by atoms with Gasteiger partial charge in [-0.25, -0.2) is 8.78 Å². The number of methoxy groups -OCH3 is 1. The quantitative estimate of drug-likeness (QED) is 0.526. The van der Waals surface area contributed by atoms with Gasteiger partial charge in [0.05, 0.1) is 12.5 Å². The predicted octanol–water partition coefficient (Wildman–Crippen LogP) is 4.07. The number of rotatable bonds is 3. The first-order valence-corrected chi connectivity index (χ1v) is 10.7. The Balaban J connectivity index is 1.55. The van der Waals surface area contributed by atoms with Crippen molar-refractivity contribution in [3.63, 3.8) is 0 Å². The second kappa shape index (κ2) is 7.34. The van der Waals surface area contributed by atoms with Crippen LogP contribution in [0.1, 0.15) is 12.8 Å². The molecule has 2 aromatic heterocycles. The SMILES string of the molecule is COc1nc(N2CC3CCC(C2)N3)c2cnc(-c3cccc4ccc(F)cc34)c(F)c2n1. The molecule has 6 nitrogen and oxygen atoms in total. The highest BCUT2D eigenvalue weighted by Crippen LogP contribution is 2.36. The van der Waals surface area contributed by atoms with Crippen molar-refractivity contribution in [1.29, 1.82) is 0 Å². The molecule has 2 aliphatic rings. The fourth-order valence-corrected chi connectivity index (χ4v) is 4.96. The van der Waals surface area contributed by atoms with Gasteiger partial charge in [-0.05, 0) is 35.7 Å². The molecule has 32 heavy (non-hydrogen) atoms. The fraction of sp³-hybridized carbons (Fsp3) is 0.292. The van der Waals surface area contributed by atoms with Crippen molar-refractivity contribution < 1.29 is 13.5 Å². The van der Waals surface area contributed by atoms with Crippen molar-refractivity contribution in [2.24, 2.45) is 0 Å². The van der Waals surface area contributed by atoms with Crippen LogP contribution < -0.4 is 15.0 Å². The van der Waals surface area contributed by atoms with Gasteiger partial charge < -0.3 is 15.0 Å². The van der Waals surface area contributed by atoms with Crippen molar-refractivity contribution >= 4 is 27.5 Å². The molecule has 0 aliphatic carbocycles. The Kier molecular flexibility index (Phi) is 4.43. The van der Waals surface area contributed by atoms with Crippen molar-refractivity contribution in [3.05, 3.63) is 54.2 Å². The van der Waals surface area contributed by atoms with E-state index in [1.54, 1.807) is 18.3 Å². The smallest absolute Gasteiger partial charge is 0.318 e. The first kappa shape index (κ1) is 19.3. The fourth-order valence-electron chi connectivity index (χ4n) is 4.96. The summed E-state index contributed by atoms with van der Waals surface area (Å²) in [5, 5.41) is 5.54. The average Bonchev–Trinajstić information content (AvgIpc) is 3.16. The van der Waals surface area contributed by atoms with Crippen LogP contribution in [-0.4, -0.2) is 47.2 Å². The number of nitrogens with one attached hydrogen (secondary N) is 1. The van der Waals surface area contributed by atoms with Crippen LogP contribution in [0.3, 0.4) is 0 Å². The number of fused-ring (bicyclic) bond motifs is 4. The lowest BCUT2D eigenvalue weighted by atomic mass is 10.0. The maximum absolute atomic E-state index is 15.9. The Morgan fingerprint density at radius 3 is 2.62 bits per heavy atom. The normalized spacial score (nSPS) is 20.3. The second-order valence-electron chi connectivity index (χ2n) is 8.43. The van der Waals surface area contributed by atoms with Gasteiger partial charge in [-0.3, -0.25) is 4.98 Å². The standard InChI is InChI=1S/C24H21F2N5O/c1-32-24-29-22-19(23(30-24)31-11-15-7-8-16(12-31)28-15)10-27-21(20(22)26)17-4-2-3-13-5-6-14(25)9-18(13)17/h2-6,9-10,15-16,28H,7-8,11-12H2,1H3. The van der Waals surface area contributed by atoms with E-state index in [-0.39, 0.29) is 23.0 Å². The molecule has 0 radical (unpaired) electrons. The minimum Gasteiger partial charge on any atom is -0.467 e. The predicted molar refractivity (Wildman–Crippen MR) is 119 cm³/mol. The summed E-state index contributed by atoms with van der Waals surface area (Å²) in [5.74, 6) is -0.322. The Hall–Kier alpha value is -3.39. The molecule has 2 unspecified atom stereocenters. The molecule has 2 bridgehead atoms. The molecule has 2 atom stereocenters. The van der Waals surface area contributed by atoms with Gasteiger partial charge in [0.15, 0.2) is 5.82 Å². The number of halogens is 2. The van der Waals surface area contributed by atoms with E-state index >= 15 is 4.39 Å². The van der Waals surface area contributed by atoms with E-state index in [2.05, 4.69) is 25.2 Å². The zero-order valence-electron chi connectivity index (χ0n) is 17.5. The zero-order valence-corrected chi connectivity index (χ0v) is 17.5. The van der Waals surface area contributed by atoms with Gasteiger partial charge >= 0.3 is 6.01 Å². The number of anilines is 1. The Morgan fingerprint density at radius 2 is 1.84 bits per heavy atom. The minimum atomic E-state index is -0.570. The van der Waals surface area contributed by atoms with E-state index in [0.29, 0.717) is 34.2 Å². The molecule has 2 fully saturated rings. The summed E-state index contributed by atoms with van der Waals surface area (Å²) in [6.45, 7) is 1.58. The number of nitrogens with zero attached hydrogens (tertiary/aromatic N) is 4. The van der Waals surface area contributed by atoms with Crippen LogP contribution in [0.2, 0.25) is 0 Å². The highest BCUT2D eigenvalue weighted by Gasteiger charge is 2.34. The molecule has 162 valence electrons. The Bertz CT molecular complexity index is 1350. The lowest BCUT2D eigenvalue weighted by molar-refractivity contribution is 0.380. The summed E-state index contributed by atoms with van der Waals surface area (Å²) in [6, 6.07) is 10.8. The lowest BCUT2D eigenvalue weighted by Crippen LogP contribution is -2.51. The van der Waals surface area contributed by atoms with Crippen LogP contribution in [0.15, 0.2) is 42.6 Å². The third-order valence-corrected chi connectivity index (χ3v) is 6.44. The van der Waals surface area contributed by atoms with Crippen LogP contribution in [0.5, 0.6) is 6.01 Å². The Morgan fingerprint density at radius 1 is 1.03 bits per heavy atom. The highest BCUT2D eigenvalue weighted by molar-refractivity contribution is 5.99. The van der Waals surface area contributed by atoms with E-state index in [9.17, 15) is 4.39 Å². The molecule has 4 aromatic rings. The number of aromatic nitrogens is 3. The highest BCUT2D eigenvalue weighted by atomic mass is 19.1. The third kappa shape index (κ3) is 3.05. The van der Waals surface area contributed by atoms with Gasteiger partial charge in [-0.15, -0.1) is 0 Å². The van der Waals surface area contributed by atoms with Crippen LogP contribution in [0, 0.1) is 11.6 Å². The number of pyridine rings is 1. The molecule has 2 aromatic carbocycles. The molecule has 4 heterocycles. The van der Waals surface area contributed by atoms with Crippen LogP contribution in [0.25, 0.3) is 32.9 Å². The molecule has 0 spiro atoms. The monoisotopic (exact) mass is 433 g/mol. The van der Waals surface area contributed by atoms with Crippen molar-refractivity contribution in [3.8, 4) is 17.3 Å². The van der Waals surface area contributed by atoms with E-state index < -0.39 is 5.82 Å². The van der Waals surface area contributed by atoms with Gasteiger partial charge in [0.2, 0.25) is 0 Å². The zero-order chi connectivity index (χ0) is 21.8. The summed E-state index contributed by atoms with van der Waals surface area (Å²) in [6.07, 6.45) is 3.86. The molecule has 0 amide bonds. The van der Waals surface area contributed by atoms with Crippen LogP contribution >= 0.6 is 0 Å². The summed E-state index contributed by atoms with van der Waals surface area (Å²) < 4.78 is 35.1. The van der Waals surface area contributed by atoms with Crippen molar-refractivity contribution in [1.82, 2.24) is 20.3 Å². The summed E-state index contributed by atoms with van der Waals surface area (Å²) >= 11 is 0. The Labute approximate surface area is 183 Å². The van der Waals surface area contributed by atoms with Gasteiger partial charge in [0.25, 0.3) is 0 Å². The minimum absolute atomic E-state index is 0.110. The maximum atomic E-state index is 15.9. The van der Waals surface area contributed by atoms with Crippen LogP contribution in [-0.2, 0) is 0 Å². The molecule has 0 saturated carbocycles. The van der Waals surface area contributed by atoms with E-state index in [4.69, 9.17) is 4.74 Å². The first-order valence-electron chi connectivity index (χ1n) is 10.7. The second-order valence-corrected chi connectivity index (χ2v) is 8.43. The topological polar surface area (TPSA) is 63.2 Å². The lowest BCUT2D eigenvalue weighted by Gasteiger charge is -2.34. The van der Waals surface area contributed by atoms with Crippen molar-refractivity contribution in [2.75, 3.05) is 25.1 Å². The number of ether oxygens (including phenoxy) is 1. The molecule has 8 heteroatoms. The number of benzene rings is 2. The molecular formula is C24H21F2N5O. The summed E-state index contributed by atoms with van der Waals surface area (Å²) in [7, 11) is 1.47.